The van der Waals surface area contributed by atoms with Crippen LogP contribution in [-0.2, 0) is 4.74 Å². The van der Waals surface area contributed by atoms with Crippen molar-refractivity contribution < 1.29 is 4.74 Å². The van der Waals surface area contributed by atoms with Crippen LogP contribution in [0.15, 0.2) is 0 Å². The van der Waals surface area contributed by atoms with Gasteiger partial charge in [-0.25, -0.2) is 0 Å². The summed E-state index contributed by atoms with van der Waals surface area (Å²) in [5.41, 5.74) is 5.49. The lowest BCUT2D eigenvalue weighted by atomic mass is 10.3. The molecule has 2 N–H and O–H groups in total. The summed E-state index contributed by atoms with van der Waals surface area (Å²) >= 11 is 0. The molecule has 0 bridgehead atoms. The molecule has 3 heteroatoms. The Bertz CT molecular complexity index is 114. The zero-order valence-electron chi connectivity index (χ0n) is 6.22. The first-order chi connectivity index (χ1) is 4.04. The van der Waals surface area contributed by atoms with Crippen LogP contribution in [-0.4, -0.2) is 30.4 Å². The molecule has 0 amide bonds. The molecule has 1 saturated heterocycles. The first-order valence-electron chi connectivity index (χ1n) is 3.16. The second kappa shape index (κ2) is 1.94. The molecule has 0 aliphatic carbocycles. The molecule has 1 fully saturated rings. The standard InChI is InChI=1S/C6H14N2O/c1-6(2)8(3)5(7)4-9-6/h5H,4,7H2,1-3H3. The molecule has 1 unspecified atom stereocenters. The highest BCUT2D eigenvalue weighted by molar-refractivity contribution is 4.79. The molecular formula is C6H14N2O. The molecular weight excluding hydrogens is 116 g/mol. The van der Waals surface area contributed by atoms with Crippen LogP contribution in [0.1, 0.15) is 13.8 Å². The van der Waals surface area contributed by atoms with Gasteiger partial charge in [-0.2, -0.15) is 0 Å². The third-order valence-electron chi connectivity index (χ3n) is 1.95. The van der Waals surface area contributed by atoms with Gasteiger partial charge >= 0.3 is 0 Å². The van der Waals surface area contributed by atoms with Crippen LogP contribution in [0, 0.1) is 0 Å². The molecule has 9 heavy (non-hydrogen) atoms. The van der Waals surface area contributed by atoms with Crippen LogP contribution in [0.5, 0.6) is 0 Å². The van der Waals surface area contributed by atoms with Crippen LogP contribution < -0.4 is 5.73 Å². The smallest absolute Gasteiger partial charge is 0.117 e. The Kier molecular flexibility index (Phi) is 1.50. The van der Waals surface area contributed by atoms with Gasteiger partial charge in [0.05, 0.1) is 12.8 Å². The maximum absolute atomic E-state index is 5.65. The predicted octanol–water partition coefficient (Wildman–Crippen LogP) is -0.0307. The molecule has 0 aromatic rings. The molecule has 0 saturated carbocycles. The van der Waals surface area contributed by atoms with Gasteiger partial charge in [0.1, 0.15) is 5.72 Å². The first-order valence-corrected chi connectivity index (χ1v) is 3.16. The molecule has 1 heterocycles. The van der Waals surface area contributed by atoms with E-state index < -0.39 is 0 Å². The molecule has 0 aromatic carbocycles. The van der Waals surface area contributed by atoms with E-state index in [-0.39, 0.29) is 11.9 Å². The summed E-state index contributed by atoms with van der Waals surface area (Å²) < 4.78 is 5.37. The topological polar surface area (TPSA) is 38.5 Å². The monoisotopic (exact) mass is 130 g/mol. The molecule has 54 valence electrons. The van der Waals surface area contributed by atoms with Gasteiger partial charge in [-0.15, -0.1) is 0 Å². The third-order valence-corrected chi connectivity index (χ3v) is 1.95. The quantitative estimate of drug-likeness (QED) is 0.500. The van der Waals surface area contributed by atoms with Gasteiger partial charge in [0.15, 0.2) is 0 Å². The van der Waals surface area contributed by atoms with Crippen molar-refractivity contribution in [3.63, 3.8) is 0 Å². The molecule has 0 spiro atoms. The first kappa shape index (κ1) is 6.99. The average Bonchev–Trinajstić information content (AvgIpc) is 1.97. The normalized spacial score (nSPS) is 35.3. The van der Waals surface area contributed by atoms with Crippen molar-refractivity contribution in [2.24, 2.45) is 5.73 Å². The Balaban J connectivity index is 2.62. The van der Waals surface area contributed by atoms with Gasteiger partial charge in [0.2, 0.25) is 0 Å². The second-order valence-corrected chi connectivity index (χ2v) is 2.94. The zero-order valence-corrected chi connectivity index (χ0v) is 6.22. The van der Waals surface area contributed by atoms with E-state index in [4.69, 9.17) is 10.5 Å². The highest BCUT2D eigenvalue weighted by Crippen LogP contribution is 2.21. The van der Waals surface area contributed by atoms with Crippen LogP contribution in [0.2, 0.25) is 0 Å². The van der Waals surface area contributed by atoms with Crippen molar-refractivity contribution in [2.75, 3.05) is 13.7 Å². The van der Waals surface area contributed by atoms with Crippen molar-refractivity contribution in [1.29, 1.82) is 0 Å². The second-order valence-electron chi connectivity index (χ2n) is 2.94. The van der Waals surface area contributed by atoms with Gasteiger partial charge < -0.3 is 10.5 Å². The molecule has 1 rings (SSSR count). The van der Waals surface area contributed by atoms with Crippen LogP contribution in [0.4, 0.5) is 0 Å². The minimum atomic E-state index is -0.167. The molecule has 0 radical (unpaired) electrons. The fourth-order valence-electron chi connectivity index (χ4n) is 0.902. The number of nitrogens with two attached hydrogens (primary N) is 1. The van der Waals surface area contributed by atoms with E-state index in [9.17, 15) is 0 Å². The van der Waals surface area contributed by atoms with Crippen molar-refractivity contribution in [3.05, 3.63) is 0 Å². The number of hydrogen-bond acceptors (Lipinski definition) is 3. The molecule has 1 aliphatic rings. The fourth-order valence-corrected chi connectivity index (χ4v) is 0.902. The van der Waals surface area contributed by atoms with Crippen molar-refractivity contribution >= 4 is 0 Å². The number of ether oxygens (including phenoxy) is 1. The van der Waals surface area contributed by atoms with Gasteiger partial charge in [-0.1, -0.05) is 0 Å². The largest absolute Gasteiger partial charge is 0.358 e. The highest BCUT2D eigenvalue weighted by atomic mass is 16.5. The lowest BCUT2D eigenvalue weighted by molar-refractivity contribution is -0.0411. The Morgan fingerprint density at radius 3 is 2.33 bits per heavy atom. The lowest BCUT2D eigenvalue weighted by Gasteiger charge is -2.27. The third kappa shape index (κ3) is 1.08. The summed E-state index contributed by atoms with van der Waals surface area (Å²) in [5, 5.41) is 0. The fraction of sp³-hybridized carbons (Fsp3) is 1.00. The van der Waals surface area contributed by atoms with E-state index in [1.807, 2.05) is 25.8 Å². The Labute approximate surface area is 55.8 Å². The summed E-state index contributed by atoms with van der Waals surface area (Å²) in [6, 6.07) is 0. The number of likely N-dealkylation sites (N-methyl/N-ethyl adjacent to an activating group) is 1. The van der Waals surface area contributed by atoms with E-state index in [1.165, 1.54) is 0 Å². The molecule has 0 aromatic heterocycles. The van der Waals surface area contributed by atoms with Crippen LogP contribution >= 0.6 is 0 Å². The molecule has 1 aliphatic heterocycles. The summed E-state index contributed by atoms with van der Waals surface area (Å²) in [6.07, 6.45) is 0.0694. The van der Waals surface area contributed by atoms with Crippen LogP contribution in [0.3, 0.4) is 0 Å². The summed E-state index contributed by atoms with van der Waals surface area (Å²) in [5.74, 6) is 0. The van der Waals surface area contributed by atoms with Gasteiger partial charge in [-0.05, 0) is 20.9 Å². The predicted molar refractivity (Wildman–Crippen MR) is 35.8 cm³/mol. The average molecular weight is 130 g/mol. The summed E-state index contributed by atoms with van der Waals surface area (Å²) in [6.45, 7) is 4.67. The SMILES string of the molecule is CN1C(N)COC1(C)C. The van der Waals surface area contributed by atoms with E-state index in [0.717, 1.165) is 0 Å². The van der Waals surface area contributed by atoms with Crippen molar-refractivity contribution in [1.82, 2.24) is 4.90 Å². The highest BCUT2D eigenvalue weighted by Gasteiger charge is 2.35. The van der Waals surface area contributed by atoms with E-state index in [1.54, 1.807) is 0 Å². The van der Waals surface area contributed by atoms with Crippen LogP contribution in [0.25, 0.3) is 0 Å². The maximum atomic E-state index is 5.65. The summed E-state index contributed by atoms with van der Waals surface area (Å²) in [7, 11) is 1.97. The van der Waals surface area contributed by atoms with Crippen molar-refractivity contribution in [2.45, 2.75) is 25.7 Å². The Morgan fingerprint density at radius 1 is 1.67 bits per heavy atom. The Morgan fingerprint density at radius 2 is 2.22 bits per heavy atom. The summed E-state index contributed by atoms with van der Waals surface area (Å²) in [4.78, 5) is 2.02. The lowest BCUT2D eigenvalue weighted by Crippen LogP contribution is -2.44. The minimum Gasteiger partial charge on any atom is -0.358 e. The van der Waals surface area contributed by atoms with E-state index in [2.05, 4.69) is 0 Å². The number of hydrogen-bond donors (Lipinski definition) is 1. The molecule has 3 nitrogen and oxygen atoms in total. The van der Waals surface area contributed by atoms with Gasteiger partial charge in [0.25, 0.3) is 0 Å². The maximum Gasteiger partial charge on any atom is 0.117 e. The minimum absolute atomic E-state index is 0.0694. The van der Waals surface area contributed by atoms with Crippen molar-refractivity contribution in [3.8, 4) is 0 Å². The van der Waals surface area contributed by atoms with Gasteiger partial charge in [-0.3, -0.25) is 4.90 Å². The Hall–Kier alpha value is -0.120. The number of nitrogens with zero attached hydrogens (tertiary/aromatic N) is 1. The van der Waals surface area contributed by atoms with Gasteiger partial charge in [0, 0.05) is 0 Å². The zero-order chi connectivity index (χ0) is 7.07. The van der Waals surface area contributed by atoms with E-state index in [0.29, 0.717) is 6.61 Å². The van der Waals surface area contributed by atoms with E-state index >= 15 is 0 Å². The molecule has 1 atom stereocenters. The number of rotatable bonds is 0.